The molecule has 0 radical (unpaired) electrons. The average molecular weight is 275 g/mol. The largest absolute Gasteiger partial charge is 0.496 e. The summed E-state index contributed by atoms with van der Waals surface area (Å²) in [7, 11) is 1.72. The summed E-state index contributed by atoms with van der Waals surface area (Å²) in [5, 5.41) is 12.5. The van der Waals surface area contributed by atoms with E-state index in [1.807, 2.05) is 6.07 Å². The molecule has 2 atom stereocenters. The number of fused-ring (bicyclic) bond motifs is 1. The van der Waals surface area contributed by atoms with Crippen molar-refractivity contribution in [3.63, 3.8) is 0 Å². The van der Waals surface area contributed by atoms with Gasteiger partial charge in [0, 0.05) is 12.6 Å². The molecular weight excluding hydrogens is 254 g/mol. The summed E-state index contributed by atoms with van der Waals surface area (Å²) in [5.74, 6) is 0.0277. The van der Waals surface area contributed by atoms with Crippen LogP contribution < -0.4 is 10.1 Å². The van der Waals surface area contributed by atoms with Crippen LogP contribution in [0, 0.1) is 5.92 Å². The molecule has 20 heavy (non-hydrogen) atoms. The van der Waals surface area contributed by atoms with Crippen LogP contribution in [0.5, 0.6) is 5.75 Å². The summed E-state index contributed by atoms with van der Waals surface area (Å²) in [6, 6.07) is 4.33. The summed E-state index contributed by atoms with van der Waals surface area (Å²) in [6.07, 6.45) is 5.26. The Morgan fingerprint density at radius 3 is 2.70 bits per heavy atom. The molecule has 0 aromatic heterocycles. The fourth-order valence-electron chi connectivity index (χ4n) is 3.54. The molecule has 0 spiro atoms. The second-order valence-corrected chi connectivity index (χ2v) is 5.75. The van der Waals surface area contributed by atoms with Crippen molar-refractivity contribution in [1.29, 1.82) is 0 Å². The Balaban J connectivity index is 1.93. The minimum absolute atomic E-state index is 0.175. The number of carboxylic acids is 1. The molecule has 2 N–H and O–H groups in total. The lowest BCUT2D eigenvalue weighted by atomic mass is 9.84. The maximum atomic E-state index is 11.1. The van der Waals surface area contributed by atoms with Crippen molar-refractivity contribution in [2.24, 2.45) is 5.92 Å². The fourth-order valence-corrected chi connectivity index (χ4v) is 3.54. The summed E-state index contributed by atoms with van der Waals surface area (Å²) in [5.41, 5.74) is 4.00. The van der Waals surface area contributed by atoms with Gasteiger partial charge in [-0.05, 0) is 54.9 Å². The SMILES string of the molecule is COc1ccc(C2CC(C(=O)O)CN2)c2c1CCCC2. The smallest absolute Gasteiger partial charge is 0.307 e. The molecule has 1 aliphatic carbocycles. The number of benzene rings is 1. The molecule has 1 aromatic carbocycles. The minimum atomic E-state index is -0.692. The van der Waals surface area contributed by atoms with E-state index >= 15 is 0 Å². The van der Waals surface area contributed by atoms with Gasteiger partial charge in [0.05, 0.1) is 13.0 Å². The van der Waals surface area contributed by atoms with E-state index in [9.17, 15) is 4.79 Å². The molecule has 1 fully saturated rings. The Morgan fingerprint density at radius 1 is 1.30 bits per heavy atom. The molecule has 108 valence electrons. The van der Waals surface area contributed by atoms with Crippen LogP contribution in [0.3, 0.4) is 0 Å². The lowest BCUT2D eigenvalue weighted by Crippen LogP contribution is -2.19. The highest BCUT2D eigenvalue weighted by Gasteiger charge is 2.32. The van der Waals surface area contributed by atoms with Crippen molar-refractivity contribution >= 4 is 5.97 Å². The van der Waals surface area contributed by atoms with Crippen molar-refractivity contribution in [2.45, 2.75) is 38.1 Å². The van der Waals surface area contributed by atoms with E-state index in [1.54, 1.807) is 7.11 Å². The van der Waals surface area contributed by atoms with Gasteiger partial charge in [-0.15, -0.1) is 0 Å². The molecule has 1 aliphatic heterocycles. The van der Waals surface area contributed by atoms with Gasteiger partial charge in [0.25, 0.3) is 0 Å². The van der Waals surface area contributed by atoms with Gasteiger partial charge in [0.15, 0.2) is 0 Å². The lowest BCUT2D eigenvalue weighted by Gasteiger charge is -2.24. The van der Waals surface area contributed by atoms with Gasteiger partial charge >= 0.3 is 5.97 Å². The monoisotopic (exact) mass is 275 g/mol. The third kappa shape index (κ3) is 2.29. The van der Waals surface area contributed by atoms with Crippen molar-refractivity contribution in [3.05, 3.63) is 28.8 Å². The highest BCUT2D eigenvalue weighted by atomic mass is 16.5. The Bertz CT molecular complexity index is 527. The predicted octanol–water partition coefficient (Wildman–Crippen LogP) is 2.31. The Hall–Kier alpha value is -1.55. The molecule has 3 rings (SSSR count). The molecule has 4 nitrogen and oxygen atoms in total. The zero-order valence-electron chi connectivity index (χ0n) is 11.8. The van der Waals surface area contributed by atoms with Gasteiger partial charge in [-0.2, -0.15) is 0 Å². The number of hydrogen-bond acceptors (Lipinski definition) is 3. The van der Waals surface area contributed by atoms with Crippen LogP contribution >= 0.6 is 0 Å². The molecule has 2 unspecified atom stereocenters. The van der Waals surface area contributed by atoms with Crippen LogP contribution in [0.2, 0.25) is 0 Å². The van der Waals surface area contributed by atoms with Crippen molar-refractivity contribution < 1.29 is 14.6 Å². The number of ether oxygens (including phenoxy) is 1. The average Bonchev–Trinajstić information content (AvgIpc) is 2.96. The Kier molecular flexibility index (Phi) is 3.66. The van der Waals surface area contributed by atoms with E-state index in [2.05, 4.69) is 11.4 Å². The van der Waals surface area contributed by atoms with Crippen LogP contribution in [0.25, 0.3) is 0 Å². The second kappa shape index (κ2) is 5.44. The number of hydrogen-bond donors (Lipinski definition) is 2. The van der Waals surface area contributed by atoms with E-state index in [0.29, 0.717) is 13.0 Å². The zero-order valence-corrected chi connectivity index (χ0v) is 11.8. The third-order valence-corrected chi connectivity index (χ3v) is 4.60. The number of methoxy groups -OCH3 is 1. The highest BCUT2D eigenvalue weighted by molar-refractivity contribution is 5.71. The first-order chi connectivity index (χ1) is 9.70. The predicted molar refractivity (Wildman–Crippen MR) is 76.1 cm³/mol. The Labute approximate surface area is 119 Å². The van der Waals surface area contributed by atoms with Gasteiger partial charge in [-0.1, -0.05) is 6.07 Å². The van der Waals surface area contributed by atoms with E-state index < -0.39 is 5.97 Å². The first-order valence-corrected chi connectivity index (χ1v) is 7.35. The van der Waals surface area contributed by atoms with Crippen LogP contribution in [-0.2, 0) is 17.6 Å². The molecule has 2 aliphatic rings. The first-order valence-electron chi connectivity index (χ1n) is 7.35. The standard InChI is InChI=1S/C16H21NO3/c1-20-15-7-6-12(11-4-2-3-5-13(11)15)14-8-10(9-17-14)16(18)19/h6-7,10,14,17H,2-5,8-9H2,1H3,(H,18,19). The highest BCUT2D eigenvalue weighted by Crippen LogP contribution is 2.37. The van der Waals surface area contributed by atoms with Crippen molar-refractivity contribution in [3.8, 4) is 5.75 Å². The van der Waals surface area contributed by atoms with Gasteiger partial charge in [-0.25, -0.2) is 0 Å². The maximum Gasteiger partial charge on any atom is 0.307 e. The first kappa shape index (κ1) is 13.4. The van der Waals surface area contributed by atoms with Gasteiger partial charge in [0.1, 0.15) is 5.75 Å². The molecule has 0 amide bonds. The van der Waals surface area contributed by atoms with Gasteiger partial charge in [-0.3, -0.25) is 4.79 Å². The van der Waals surface area contributed by atoms with Gasteiger partial charge < -0.3 is 15.2 Å². The second-order valence-electron chi connectivity index (χ2n) is 5.75. The van der Waals surface area contributed by atoms with E-state index in [1.165, 1.54) is 29.5 Å². The van der Waals surface area contributed by atoms with Crippen LogP contribution in [0.4, 0.5) is 0 Å². The van der Waals surface area contributed by atoms with E-state index in [-0.39, 0.29) is 12.0 Å². The minimum Gasteiger partial charge on any atom is -0.496 e. The number of carboxylic acid groups (broad SMARTS) is 1. The molecule has 4 heteroatoms. The van der Waals surface area contributed by atoms with Crippen molar-refractivity contribution in [2.75, 3.05) is 13.7 Å². The number of nitrogens with one attached hydrogen (secondary N) is 1. The van der Waals surface area contributed by atoms with E-state index in [4.69, 9.17) is 9.84 Å². The van der Waals surface area contributed by atoms with E-state index in [0.717, 1.165) is 18.6 Å². The number of aliphatic carboxylic acids is 1. The van der Waals surface area contributed by atoms with Gasteiger partial charge in [0.2, 0.25) is 0 Å². The Morgan fingerprint density at radius 2 is 2.05 bits per heavy atom. The maximum absolute atomic E-state index is 11.1. The molecule has 0 bridgehead atoms. The molecule has 1 aromatic rings. The quantitative estimate of drug-likeness (QED) is 0.888. The van der Waals surface area contributed by atoms with Crippen LogP contribution in [0.15, 0.2) is 12.1 Å². The molecular formula is C16H21NO3. The lowest BCUT2D eigenvalue weighted by molar-refractivity contribution is -0.141. The summed E-state index contributed by atoms with van der Waals surface area (Å²) in [6.45, 7) is 0.570. The normalized spacial score (nSPS) is 25.2. The fraction of sp³-hybridized carbons (Fsp3) is 0.562. The molecule has 1 heterocycles. The summed E-state index contributed by atoms with van der Waals surface area (Å²) >= 11 is 0. The van der Waals surface area contributed by atoms with Crippen LogP contribution in [-0.4, -0.2) is 24.7 Å². The topological polar surface area (TPSA) is 58.6 Å². The van der Waals surface area contributed by atoms with Crippen LogP contribution in [0.1, 0.15) is 42.0 Å². The number of carbonyl (C=O) groups is 1. The van der Waals surface area contributed by atoms with Crippen molar-refractivity contribution in [1.82, 2.24) is 5.32 Å². The zero-order chi connectivity index (χ0) is 14.1. The number of rotatable bonds is 3. The third-order valence-electron chi connectivity index (χ3n) is 4.60. The summed E-state index contributed by atoms with van der Waals surface area (Å²) in [4.78, 5) is 11.1. The molecule has 0 saturated carbocycles. The molecule has 1 saturated heterocycles. The summed E-state index contributed by atoms with van der Waals surface area (Å²) < 4.78 is 5.48.